The van der Waals surface area contributed by atoms with Crippen LogP contribution in [0.25, 0.3) is 11.0 Å². The van der Waals surface area contributed by atoms with Gasteiger partial charge in [-0.15, -0.1) is 0 Å². The highest BCUT2D eigenvalue weighted by Gasteiger charge is 2.06. The number of nitrogens with zero attached hydrogens (tertiary/aromatic N) is 3. The van der Waals surface area contributed by atoms with E-state index in [0.29, 0.717) is 0 Å². The second-order valence-corrected chi connectivity index (χ2v) is 6.74. The van der Waals surface area contributed by atoms with Crippen molar-refractivity contribution in [2.24, 2.45) is 7.05 Å². The van der Waals surface area contributed by atoms with E-state index in [1.165, 1.54) is 82.0 Å². The highest BCUT2D eigenvalue weighted by Crippen LogP contribution is 2.16. The third kappa shape index (κ3) is 5.96. The van der Waals surface area contributed by atoms with Crippen LogP contribution in [0.3, 0.4) is 0 Å². The molecule has 2 rings (SSSR count). The Morgan fingerprint density at radius 2 is 1.48 bits per heavy atom. The minimum atomic E-state index is 1.02. The Bertz CT molecular complexity index is 559. The fourth-order valence-corrected chi connectivity index (χ4v) is 3.27. The predicted molar refractivity (Wildman–Crippen MR) is 98.7 cm³/mol. The van der Waals surface area contributed by atoms with Crippen molar-refractivity contribution in [2.75, 3.05) is 0 Å². The van der Waals surface area contributed by atoms with E-state index >= 15 is 0 Å². The van der Waals surface area contributed by atoms with Gasteiger partial charge in [-0.1, -0.05) is 71.1 Å². The van der Waals surface area contributed by atoms with E-state index in [0.717, 1.165) is 11.9 Å². The van der Waals surface area contributed by atoms with Gasteiger partial charge in [0.15, 0.2) is 0 Å². The van der Waals surface area contributed by atoms with E-state index in [2.05, 4.69) is 23.5 Å². The quantitative estimate of drug-likeness (QED) is 0.462. The Labute approximate surface area is 141 Å². The molecule has 0 fully saturated rings. The Hall–Kier alpha value is -1.38. The number of fused-ring (bicyclic) bond motifs is 1. The lowest BCUT2D eigenvalue weighted by Gasteiger charge is -2.03. The van der Waals surface area contributed by atoms with Crippen molar-refractivity contribution in [1.82, 2.24) is 14.5 Å². The molecular weight excluding hydrogens is 282 g/mol. The Balaban J connectivity index is 1.53. The van der Waals surface area contributed by atoms with Gasteiger partial charge in [-0.05, 0) is 12.5 Å². The van der Waals surface area contributed by atoms with E-state index in [4.69, 9.17) is 4.98 Å². The van der Waals surface area contributed by atoms with Gasteiger partial charge in [0.2, 0.25) is 0 Å². The molecule has 0 N–H and O–H groups in total. The molecule has 3 nitrogen and oxygen atoms in total. The number of hydrogen-bond donors (Lipinski definition) is 0. The molecule has 2 heterocycles. The van der Waals surface area contributed by atoms with Crippen LogP contribution in [0.2, 0.25) is 0 Å². The Morgan fingerprint density at radius 1 is 0.870 bits per heavy atom. The fraction of sp³-hybridized carbons (Fsp3) is 0.700. The first kappa shape index (κ1) is 18.0. The molecule has 0 aromatic carbocycles. The van der Waals surface area contributed by atoms with Gasteiger partial charge < -0.3 is 4.57 Å². The monoisotopic (exact) mass is 315 g/mol. The van der Waals surface area contributed by atoms with E-state index in [1.54, 1.807) is 0 Å². The van der Waals surface area contributed by atoms with Gasteiger partial charge in [0.1, 0.15) is 11.3 Å². The molecule has 0 aliphatic heterocycles. The van der Waals surface area contributed by atoms with Crippen LogP contribution in [0.1, 0.15) is 83.4 Å². The summed E-state index contributed by atoms with van der Waals surface area (Å²) in [5.74, 6) is 1.20. The minimum Gasteiger partial charge on any atom is -0.331 e. The molecule has 0 aliphatic rings. The van der Waals surface area contributed by atoms with Crippen molar-refractivity contribution < 1.29 is 0 Å². The van der Waals surface area contributed by atoms with Gasteiger partial charge >= 0.3 is 0 Å². The van der Waals surface area contributed by atoms with Crippen molar-refractivity contribution in [3.63, 3.8) is 0 Å². The largest absolute Gasteiger partial charge is 0.331 e. The van der Waals surface area contributed by atoms with Crippen molar-refractivity contribution >= 4 is 11.0 Å². The van der Waals surface area contributed by atoms with Crippen LogP contribution in [0, 0.1) is 0 Å². The molecular formula is C20H33N3. The zero-order valence-electron chi connectivity index (χ0n) is 15.1. The lowest BCUT2D eigenvalue weighted by Crippen LogP contribution is -1.97. The van der Waals surface area contributed by atoms with Crippen LogP contribution < -0.4 is 0 Å². The van der Waals surface area contributed by atoms with Gasteiger partial charge in [-0.2, -0.15) is 0 Å². The maximum Gasteiger partial charge on any atom is 0.109 e. The molecule has 0 radical (unpaired) electrons. The summed E-state index contributed by atoms with van der Waals surface area (Å²) in [4.78, 5) is 8.85. The summed E-state index contributed by atoms with van der Waals surface area (Å²) in [5.41, 5.74) is 2.21. The summed E-state index contributed by atoms with van der Waals surface area (Å²) < 4.78 is 2.22. The molecule has 23 heavy (non-hydrogen) atoms. The number of rotatable bonds is 12. The number of hydrogen-bond acceptors (Lipinski definition) is 2. The van der Waals surface area contributed by atoms with Crippen molar-refractivity contribution in [2.45, 2.75) is 84.0 Å². The normalized spacial score (nSPS) is 11.4. The average Bonchev–Trinajstić information content (AvgIpc) is 2.89. The molecule has 128 valence electrons. The van der Waals surface area contributed by atoms with Gasteiger partial charge in [0.25, 0.3) is 0 Å². The van der Waals surface area contributed by atoms with E-state index < -0.39 is 0 Å². The maximum absolute atomic E-state index is 4.70. The maximum atomic E-state index is 4.70. The summed E-state index contributed by atoms with van der Waals surface area (Å²) in [5, 5.41) is 0. The molecule has 0 saturated heterocycles. The van der Waals surface area contributed by atoms with Gasteiger partial charge in [0, 0.05) is 19.7 Å². The zero-order valence-corrected chi connectivity index (χ0v) is 15.1. The third-order valence-corrected chi connectivity index (χ3v) is 4.78. The van der Waals surface area contributed by atoms with Gasteiger partial charge in [0.05, 0.1) is 11.7 Å². The predicted octanol–water partition coefficient (Wildman–Crippen LogP) is 5.82. The zero-order chi connectivity index (χ0) is 16.3. The smallest absolute Gasteiger partial charge is 0.109 e. The lowest BCUT2D eigenvalue weighted by molar-refractivity contribution is 0.546. The first-order chi connectivity index (χ1) is 11.3. The summed E-state index contributed by atoms with van der Waals surface area (Å²) in [6, 6.07) is 2.05. The molecule has 0 aliphatic carbocycles. The Morgan fingerprint density at radius 3 is 2.09 bits per heavy atom. The first-order valence-electron chi connectivity index (χ1n) is 9.58. The van der Waals surface area contributed by atoms with Crippen LogP contribution in [0.15, 0.2) is 18.5 Å². The van der Waals surface area contributed by atoms with E-state index in [-0.39, 0.29) is 0 Å². The molecule has 0 bridgehead atoms. The fourth-order valence-electron chi connectivity index (χ4n) is 3.27. The first-order valence-corrected chi connectivity index (χ1v) is 9.58. The molecule has 2 aromatic rings. The van der Waals surface area contributed by atoms with Gasteiger partial charge in [-0.3, -0.25) is 4.98 Å². The highest BCUT2D eigenvalue weighted by atomic mass is 15.1. The summed E-state index contributed by atoms with van der Waals surface area (Å²) in [6.07, 6.45) is 20.1. The second-order valence-electron chi connectivity index (χ2n) is 6.74. The third-order valence-electron chi connectivity index (χ3n) is 4.78. The summed E-state index contributed by atoms with van der Waals surface area (Å²) >= 11 is 0. The van der Waals surface area contributed by atoms with Crippen molar-refractivity contribution in [1.29, 1.82) is 0 Å². The molecule has 0 atom stereocenters. The minimum absolute atomic E-state index is 1.02. The number of aryl methyl sites for hydroxylation is 2. The van der Waals surface area contributed by atoms with Gasteiger partial charge in [-0.25, -0.2) is 4.98 Å². The number of pyridine rings is 1. The van der Waals surface area contributed by atoms with Crippen LogP contribution in [-0.4, -0.2) is 14.5 Å². The number of unbranched alkanes of at least 4 members (excludes halogenated alkanes) is 10. The standard InChI is InChI=1S/C20H33N3/c1-3-4-5-6-7-8-9-10-11-12-13-14-20-22-18-17-21-16-15-19(18)23(20)2/h15-17H,3-14H2,1-2H3. The van der Waals surface area contributed by atoms with E-state index in [1.807, 2.05) is 18.5 Å². The summed E-state index contributed by atoms with van der Waals surface area (Å²) in [6.45, 7) is 2.28. The lowest BCUT2D eigenvalue weighted by atomic mass is 10.1. The number of imidazole rings is 1. The van der Waals surface area contributed by atoms with Crippen LogP contribution in [0.4, 0.5) is 0 Å². The topological polar surface area (TPSA) is 30.7 Å². The molecule has 0 amide bonds. The van der Waals surface area contributed by atoms with E-state index in [9.17, 15) is 0 Å². The van der Waals surface area contributed by atoms with Crippen LogP contribution in [-0.2, 0) is 13.5 Å². The second kappa shape index (κ2) is 10.4. The molecule has 0 saturated carbocycles. The average molecular weight is 316 g/mol. The summed E-state index contributed by atoms with van der Waals surface area (Å²) in [7, 11) is 2.11. The van der Waals surface area contributed by atoms with Crippen molar-refractivity contribution in [3.05, 3.63) is 24.3 Å². The van der Waals surface area contributed by atoms with Crippen LogP contribution >= 0.6 is 0 Å². The molecule has 0 spiro atoms. The molecule has 0 unspecified atom stereocenters. The highest BCUT2D eigenvalue weighted by molar-refractivity contribution is 5.74. The van der Waals surface area contributed by atoms with Crippen LogP contribution in [0.5, 0.6) is 0 Å². The molecule has 3 heteroatoms. The molecule has 2 aromatic heterocycles. The SMILES string of the molecule is CCCCCCCCCCCCCc1nc2cnccc2n1C. The van der Waals surface area contributed by atoms with Crippen molar-refractivity contribution in [3.8, 4) is 0 Å². The number of aromatic nitrogens is 3. The Kier molecular flexibility index (Phi) is 8.13.